The topological polar surface area (TPSA) is 81.6 Å². The molecule has 0 saturated heterocycles. The Morgan fingerprint density at radius 2 is 1.64 bits per heavy atom. The molecule has 1 aromatic heterocycles. The minimum Gasteiger partial charge on any atom is -0.493 e. The van der Waals surface area contributed by atoms with Gasteiger partial charge in [-0.3, -0.25) is 14.2 Å². The third-order valence-corrected chi connectivity index (χ3v) is 6.24. The first kappa shape index (κ1) is 24.9. The van der Waals surface area contributed by atoms with E-state index in [2.05, 4.69) is 29.7 Å². The third-order valence-electron chi connectivity index (χ3n) is 6.24. The number of nitrogens with one attached hydrogen (secondary N) is 2. The van der Waals surface area contributed by atoms with Crippen molar-refractivity contribution in [3.8, 4) is 11.5 Å². The molecule has 0 fully saturated rings. The Balaban J connectivity index is 1.72. The lowest BCUT2D eigenvalue weighted by Gasteiger charge is -2.17. The van der Waals surface area contributed by atoms with Gasteiger partial charge in [0.05, 0.1) is 19.7 Å². The molecule has 0 atom stereocenters. The monoisotopic (exact) mass is 485 g/mol. The molecule has 0 aliphatic heterocycles. The van der Waals surface area contributed by atoms with Crippen LogP contribution in [0.25, 0.3) is 10.9 Å². The van der Waals surface area contributed by atoms with E-state index in [-0.39, 0.29) is 18.0 Å². The lowest BCUT2D eigenvalue weighted by Crippen LogP contribution is -2.31. The van der Waals surface area contributed by atoms with Gasteiger partial charge in [-0.2, -0.15) is 0 Å². The quantitative estimate of drug-likeness (QED) is 0.343. The third kappa shape index (κ3) is 5.35. The highest BCUT2D eigenvalue weighted by Crippen LogP contribution is 2.32. The van der Waals surface area contributed by atoms with E-state index in [1.54, 1.807) is 20.3 Å². The van der Waals surface area contributed by atoms with Crippen LogP contribution >= 0.6 is 0 Å². The van der Waals surface area contributed by atoms with Gasteiger partial charge in [0.25, 0.3) is 5.56 Å². The van der Waals surface area contributed by atoms with Gasteiger partial charge in [0.15, 0.2) is 11.5 Å². The molecule has 1 amide bonds. The number of aryl methyl sites for hydroxylation is 2. The number of methoxy groups -OCH3 is 2. The highest BCUT2D eigenvalue weighted by atomic mass is 16.5. The summed E-state index contributed by atoms with van der Waals surface area (Å²) < 4.78 is 12.4. The van der Waals surface area contributed by atoms with Crippen LogP contribution in [0.3, 0.4) is 0 Å². The first-order valence-corrected chi connectivity index (χ1v) is 11.9. The van der Waals surface area contributed by atoms with Crippen molar-refractivity contribution in [1.82, 2.24) is 4.57 Å². The summed E-state index contributed by atoms with van der Waals surface area (Å²) in [5, 5.41) is 7.02. The van der Waals surface area contributed by atoms with Crippen molar-refractivity contribution in [3.63, 3.8) is 0 Å². The molecule has 2 N–H and O–H groups in total. The number of fused-ring (bicyclic) bond motifs is 1. The van der Waals surface area contributed by atoms with Crippen LogP contribution in [0, 0.1) is 6.92 Å². The first-order chi connectivity index (χ1) is 17.4. The van der Waals surface area contributed by atoms with Gasteiger partial charge in [-0.1, -0.05) is 37.3 Å². The van der Waals surface area contributed by atoms with Crippen molar-refractivity contribution in [2.45, 2.75) is 33.4 Å². The van der Waals surface area contributed by atoms with Gasteiger partial charge in [0.1, 0.15) is 6.54 Å². The molecule has 0 aliphatic rings. The number of nitrogens with zero attached hydrogens (tertiary/aromatic N) is 1. The summed E-state index contributed by atoms with van der Waals surface area (Å²) >= 11 is 0. The summed E-state index contributed by atoms with van der Waals surface area (Å²) in [5.41, 5.74) is 4.71. The predicted molar refractivity (Wildman–Crippen MR) is 144 cm³/mol. The Hall–Kier alpha value is -4.26. The number of pyridine rings is 1. The lowest BCUT2D eigenvalue weighted by atomic mass is 10.1. The Morgan fingerprint density at radius 3 is 2.31 bits per heavy atom. The number of hydrogen-bond donors (Lipinski definition) is 2. The van der Waals surface area contributed by atoms with Crippen molar-refractivity contribution in [1.29, 1.82) is 0 Å². The molecule has 0 bridgehead atoms. The van der Waals surface area contributed by atoms with Gasteiger partial charge in [0.2, 0.25) is 5.91 Å². The van der Waals surface area contributed by atoms with E-state index in [1.807, 2.05) is 55.5 Å². The molecule has 0 spiro atoms. The van der Waals surface area contributed by atoms with Gasteiger partial charge in [-0.15, -0.1) is 0 Å². The van der Waals surface area contributed by atoms with E-state index >= 15 is 0 Å². The zero-order valence-corrected chi connectivity index (χ0v) is 21.1. The lowest BCUT2D eigenvalue weighted by molar-refractivity contribution is -0.116. The maximum atomic E-state index is 13.6. The number of hydrogen-bond acceptors (Lipinski definition) is 5. The standard InChI is InChI=1S/C29H31N3O4/c1-5-20-10-12-23(13-11-20)30-17-22-14-21-15-26(35-3)27(36-4)16-25(21)32(29(22)34)18-28(33)31-24-9-7-6-8-19(24)2/h6-16,30H,5,17-18H2,1-4H3,(H,31,33). The summed E-state index contributed by atoms with van der Waals surface area (Å²) in [4.78, 5) is 26.6. The number of amides is 1. The average molecular weight is 486 g/mol. The number of carbonyl (C=O) groups is 1. The highest BCUT2D eigenvalue weighted by molar-refractivity contribution is 5.93. The van der Waals surface area contributed by atoms with E-state index < -0.39 is 0 Å². The van der Waals surface area contributed by atoms with Gasteiger partial charge in [-0.05, 0) is 54.8 Å². The number of anilines is 2. The molecule has 4 rings (SSSR count). The fourth-order valence-electron chi connectivity index (χ4n) is 4.15. The minimum atomic E-state index is -0.289. The minimum absolute atomic E-state index is 0.141. The molecule has 0 radical (unpaired) electrons. The molecule has 186 valence electrons. The Kier molecular flexibility index (Phi) is 7.59. The van der Waals surface area contributed by atoms with Crippen molar-refractivity contribution < 1.29 is 14.3 Å². The van der Waals surface area contributed by atoms with Crippen molar-refractivity contribution >= 4 is 28.2 Å². The molecule has 7 nitrogen and oxygen atoms in total. The average Bonchev–Trinajstić information content (AvgIpc) is 2.90. The van der Waals surface area contributed by atoms with Gasteiger partial charge >= 0.3 is 0 Å². The van der Waals surface area contributed by atoms with E-state index in [4.69, 9.17) is 9.47 Å². The maximum Gasteiger partial charge on any atom is 0.256 e. The van der Waals surface area contributed by atoms with Crippen LogP contribution in [-0.4, -0.2) is 24.7 Å². The Labute approximate surface area is 210 Å². The predicted octanol–water partition coefficient (Wildman–Crippen LogP) is 5.14. The molecular formula is C29H31N3O4. The zero-order valence-electron chi connectivity index (χ0n) is 21.1. The number of carbonyl (C=O) groups excluding carboxylic acids is 1. The van der Waals surface area contributed by atoms with Crippen LogP contribution in [0.4, 0.5) is 11.4 Å². The summed E-state index contributed by atoms with van der Waals surface area (Å²) in [6.07, 6.45) is 0.964. The largest absolute Gasteiger partial charge is 0.493 e. The second-order valence-electron chi connectivity index (χ2n) is 8.59. The van der Waals surface area contributed by atoms with Gasteiger partial charge < -0.3 is 20.1 Å². The molecule has 1 heterocycles. The maximum absolute atomic E-state index is 13.6. The molecule has 7 heteroatoms. The van der Waals surface area contributed by atoms with Crippen LogP contribution in [0.5, 0.6) is 11.5 Å². The fourth-order valence-corrected chi connectivity index (χ4v) is 4.15. The number of aromatic nitrogens is 1. The van der Waals surface area contributed by atoms with Gasteiger partial charge in [0, 0.05) is 34.9 Å². The highest BCUT2D eigenvalue weighted by Gasteiger charge is 2.16. The second kappa shape index (κ2) is 11.0. The Morgan fingerprint density at radius 1 is 0.944 bits per heavy atom. The molecular weight excluding hydrogens is 454 g/mol. The second-order valence-corrected chi connectivity index (χ2v) is 8.59. The van der Waals surface area contributed by atoms with E-state index in [1.165, 1.54) is 10.1 Å². The molecule has 0 aliphatic carbocycles. The SMILES string of the molecule is CCc1ccc(NCc2cc3cc(OC)c(OC)cc3n(CC(=O)Nc3ccccc3C)c2=O)cc1. The van der Waals surface area contributed by atoms with Crippen molar-refractivity contribution in [3.05, 3.63) is 93.8 Å². The first-order valence-electron chi connectivity index (χ1n) is 11.9. The molecule has 4 aromatic rings. The molecule has 0 unspecified atom stereocenters. The number of benzene rings is 3. The number of rotatable bonds is 9. The molecule has 3 aromatic carbocycles. The van der Waals surface area contributed by atoms with Crippen LogP contribution in [0.1, 0.15) is 23.6 Å². The van der Waals surface area contributed by atoms with E-state index in [0.717, 1.165) is 23.1 Å². The van der Waals surface area contributed by atoms with Crippen LogP contribution < -0.4 is 25.7 Å². The summed E-state index contributed by atoms with van der Waals surface area (Å²) in [6, 6.07) is 21.1. The van der Waals surface area contributed by atoms with Crippen LogP contribution in [-0.2, 0) is 24.3 Å². The molecule has 0 saturated carbocycles. The molecule has 36 heavy (non-hydrogen) atoms. The number of ether oxygens (including phenoxy) is 2. The Bertz CT molecular complexity index is 1440. The van der Waals surface area contributed by atoms with Crippen molar-refractivity contribution in [2.75, 3.05) is 24.9 Å². The van der Waals surface area contributed by atoms with Crippen LogP contribution in [0.2, 0.25) is 0 Å². The van der Waals surface area contributed by atoms with E-state index in [0.29, 0.717) is 34.8 Å². The fraction of sp³-hybridized carbons (Fsp3) is 0.241. The number of para-hydroxylation sites is 1. The normalized spacial score (nSPS) is 10.8. The summed E-state index contributed by atoms with van der Waals surface area (Å²) in [6.45, 7) is 4.21. The summed E-state index contributed by atoms with van der Waals surface area (Å²) in [5.74, 6) is 0.746. The van der Waals surface area contributed by atoms with E-state index in [9.17, 15) is 9.59 Å². The smallest absolute Gasteiger partial charge is 0.256 e. The zero-order chi connectivity index (χ0) is 25.7. The summed E-state index contributed by atoms with van der Waals surface area (Å²) in [7, 11) is 3.11. The van der Waals surface area contributed by atoms with Crippen molar-refractivity contribution in [2.24, 2.45) is 0 Å². The van der Waals surface area contributed by atoms with Crippen LogP contribution in [0.15, 0.2) is 71.5 Å². The van der Waals surface area contributed by atoms with Gasteiger partial charge in [-0.25, -0.2) is 0 Å².